The van der Waals surface area contributed by atoms with E-state index in [1.165, 1.54) is 19.2 Å². The van der Waals surface area contributed by atoms with Crippen molar-refractivity contribution < 1.29 is 14.3 Å². The molecule has 0 unspecified atom stereocenters. The van der Waals surface area contributed by atoms with Gasteiger partial charge >= 0.3 is 5.97 Å². The number of esters is 1. The quantitative estimate of drug-likeness (QED) is 0.676. The first-order valence-electron chi connectivity index (χ1n) is 5.24. The molecule has 1 amide bonds. The van der Waals surface area contributed by atoms with Crippen LogP contribution >= 0.6 is 27.5 Å². The van der Waals surface area contributed by atoms with Gasteiger partial charge in [0, 0.05) is 10.7 Å². The van der Waals surface area contributed by atoms with Crippen LogP contribution < -0.4 is 5.32 Å². The Hall–Kier alpha value is -1.14. The maximum Gasteiger partial charge on any atom is 0.328 e. The van der Waals surface area contributed by atoms with E-state index in [0.717, 1.165) is 0 Å². The molecule has 18 heavy (non-hydrogen) atoms. The number of halogens is 2. The van der Waals surface area contributed by atoms with Crippen LogP contribution in [0.25, 0.3) is 0 Å². The molecule has 1 atom stereocenters. The van der Waals surface area contributed by atoms with Gasteiger partial charge in [0.1, 0.15) is 11.2 Å². The van der Waals surface area contributed by atoms with Gasteiger partial charge in [-0.3, -0.25) is 4.79 Å². The van der Waals surface area contributed by atoms with Gasteiger partial charge in [-0.15, -0.1) is 0 Å². The predicted octanol–water partition coefficient (Wildman–Crippen LogP) is 2.18. The lowest BCUT2D eigenvalue weighted by molar-refractivity contribution is -0.144. The van der Waals surface area contributed by atoms with Crippen molar-refractivity contribution in [1.82, 2.24) is 10.3 Å². The maximum atomic E-state index is 11.9. The molecular formula is C11H12BrClN2O3. The Morgan fingerprint density at radius 2 is 2.28 bits per heavy atom. The minimum atomic E-state index is -0.743. The summed E-state index contributed by atoms with van der Waals surface area (Å²) in [6.45, 7) is 3.50. The molecule has 0 radical (unpaired) electrons. The number of carbonyl (C=O) groups is 2. The number of hydrogen-bond donors (Lipinski definition) is 1. The van der Waals surface area contributed by atoms with Crippen LogP contribution in [0.2, 0.25) is 5.15 Å². The fourth-order valence-electron chi connectivity index (χ4n) is 1.18. The Labute approximate surface area is 118 Å². The second kappa shape index (κ2) is 6.70. The van der Waals surface area contributed by atoms with Crippen molar-refractivity contribution in [2.24, 2.45) is 0 Å². The van der Waals surface area contributed by atoms with Gasteiger partial charge in [-0.25, -0.2) is 9.78 Å². The fourth-order valence-corrected chi connectivity index (χ4v) is 1.70. The highest BCUT2D eigenvalue weighted by Crippen LogP contribution is 2.17. The molecule has 0 bridgehead atoms. The predicted molar refractivity (Wildman–Crippen MR) is 70.5 cm³/mol. The highest BCUT2D eigenvalue weighted by molar-refractivity contribution is 9.10. The zero-order valence-corrected chi connectivity index (χ0v) is 12.2. The molecule has 1 aromatic rings. The summed E-state index contributed by atoms with van der Waals surface area (Å²) in [6, 6.07) is 0.787. The third kappa shape index (κ3) is 3.96. The number of ether oxygens (including phenoxy) is 1. The standard InChI is InChI=1S/C11H12BrClN2O3/c1-3-18-11(17)6(2)15-10(16)8-4-7(12)5-14-9(8)13/h4-6H,3H2,1-2H3,(H,15,16)/t6-/m1/s1. The monoisotopic (exact) mass is 334 g/mol. The molecule has 0 aliphatic heterocycles. The van der Waals surface area contributed by atoms with Crippen LogP contribution in [0.5, 0.6) is 0 Å². The molecule has 0 spiro atoms. The highest BCUT2D eigenvalue weighted by atomic mass is 79.9. The average molecular weight is 336 g/mol. The van der Waals surface area contributed by atoms with Crippen LogP contribution in [0.3, 0.4) is 0 Å². The lowest BCUT2D eigenvalue weighted by atomic mass is 10.2. The summed E-state index contributed by atoms with van der Waals surface area (Å²) in [6.07, 6.45) is 1.48. The zero-order chi connectivity index (χ0) is 13.7. The molecule has 1 N–H and O–H groups in total. The van der Waals surface area contributed by atoms with E-state index in [9.17, 15) is 9.59 Å². The Morgan fingerprint density at radius 3 is 2.89 bits per heavy atom. The molecule has 0 aliphatic rings. The summed E-state index contributed by atoms with van der Waals surface area (Å²) in [4.78, 5) is 27.1. The number of hydrogen-bond acceptors (Lipinski definition) is 4. The molecule has 0 aliphatic carbocycles. The fraction of sp³-hybridized carbons (Fsp3) is 0.364. The molecule has 1 heterocycles. The van der Waals surface area contributed by atoms with Crippen molar-refractivity contribution >= 4 is 39.4 Å². The van der Waals surface area contributed by atoms with Gasteiger partial charge in [0.25, 0.3) is 5.91 Å². The Balaban J connectivity index is 2.76. The Morgan fingerprint density at radius 1 is 1.61 bits per heavy atom. The highest BCUT2D eigenvalue weighted by Gasteiger charge is 2.19. The van der Waals surface area contributed by atoms with E-state index in [1.54, 1.807) is 6.92 Å². The first kappa shape index (κ1) is 14.9. The molecule has 5 nitrogen and oxygen atoms in total. The van der Waals surface area contributed by atoms with Crippen LogP contribution in [0.1, 0.15) is 24.2 Å². The van der Waals surface area contributed by atoms with E-state index >= 15 is 0 Å². The molecule has 0 saturated carbocycles. The molecule has 7 heteroatoms. The molecule has 0 saturated heterocycles. The largest absolute Gasteiger partial charge is 0.464 e. The molecular weight excluding hydrogens is 323 g/mol. The van der Waals surface area contributed by atoms with Gasteiger partial charge in [-0.2, -0.15) is 0 Å². The van der Waals surface area contributed by atoms with Gasteiger partial charge in [0.05, 0.1) is 12.2 Å². The summed E-state index contributed by atoms with van der Waals surface area (Å²) < 4.78 is 5.41. The SMILES string of the molecule is CCOC(=O)[C@@H](C)NC(=O)c1cc(Br)cnc1Cl. The van der Waals surface area contributed by atoms with Crippen LogP contribution in [-0.4, -0.2) is 29.5 Å². The van der Waals surface area contributed by atoms with Crippen molar-refractivity contribution in [2.45, 2.75) is 19.9 Å². The smallest absolute Gasteiger partial charge is 0.328 e. The summed E-state index contributed by atoms with van der Waals surface area (Å²) in [5, 5.41) is 2.57. The molecule has 1 rings (SSSR count). The second-order valence-corrected chi connectivity index (χ2v) is 4.71. The number of rotatable bonds is 4. The van der Waals surface area contributed by atoms with E-state index < -0.39 is 17.9 Å². The lowest BCUT2D eigenvalue weighted by Crippen LogP contribution is -2.39. The van der Waals surface area contributed by atoms with E-state index in [4.69, 9.17) is 16.3 Å². The van der Waals surface area contributed by atoms with E-state index in [0.29, 0.717) is 4.47 Å². The van der Waals surface area contributed by atoms with Crippen LogP contribution in [0.15, 0.2) is 16.7 Å². The van der Waals surface area contributed by atoms with Crippen molar-refractivity contribution in [3.63, 3.8) is 0 Å². The number of amides is 1. The van der Waals surface area contributed by atoms with Crippen LogP contribution in [-0.2, 0) is 9.53 Å². The van der Waals surface area contributed by atoms with Crippen LogP contribution in [0.4, 0.5) is 0 Å². The van der Waals surface area contributed by atoms with Gasteiger partial charge < -0.3 is 10.1 Å². The topological polar surface area (TPSA) is 68.3 Å². The molecule has 0 aromatic carbocycles. The molecule has 98 valence electrons. The van der Waals surface area contributed by atoms with Gasteiger partial charge in [-0.05, 0) is 35.8 Å². The third-order valence-electron chi connectivity index (χ3n) is 2.04. The first-order chi connectivity index (χ1) is 8.45. The summed E-state index contributed by atoms with van der Waals surface area (Å²) in [5.74, 6) is -0.973. The normalized spacial score (nSPS) is 11.8. The zero-order valence-electron chi connectivity index (χ0n) is 9.87. The summed E-state index contributed by atoms with van der Waals surface area (Å²) in [5.41, 5.74) is 0.196. The van der Waals surface area contributed by atoms with Crippen molar-refractivity contribution in [3.05, 3.63) is 27.5 Å². The molecule has 0 fully saturated rings. The van der Waals surface area contributed by atoms with Gasteiger partial charge in [0.2, 0.25) is 0 Å². The van der Waals surface area contributed by atoms with Gasteiger partial charge in [0.15, 0.2) is 0 Å². The number of pyridine rings is 1. The van der Waals surface area contributed by atoms with E-state index in [2.05, 4.69) is 26.2 Å². The summed E-state index contributed by atoms with van der Waals surface area (Å²) >= 11 is 9.00. The molecule has 1 aromatic heterocycles. The number of carbonyl (C=O) groups excluding carboxylic acids is 2. The minimum absolute atomic E-state index is 0.0757. The van der Waals surface area contributed by atoms with Crippen molar-refractivity contribution in [3.8, 4) is 0 Å². The van der Waals surface area contributed by atoms with E-state index in [1.807, 2.05) is 0 Å². The average Bonchev–Trinajstić information content (AvgIpc) is 2.32. The number of nitrogens with one attached hydrogen (secondary N) is 1. The maximum absolute atomic E-state index is 11.9. The number of nitrogens with zero attached hydrogens (tertiary/aromatic N) is 1. The minimum Gasteiger partial charge on any atom is -0.464 e. The summed E-state index contributed by atoms with van der Waals surface area (Å²) in [7, 11) is 0. The second-order valence-electron chi connectivity index (χ2n) is 3.44. The first-order valence-corrected chi connectivity index (χ1v) is 6.41. The van der Waals surface area contributed by atoms with E-state index in [-0.39, 0.29) is 17.3 Å². The lowest BCUT2D eigenvalue weighted by Gasteiger charge is -2.13. The Kier molecular flexibility index (Phi) is 5.55. The number of aromatic nitrogens is 1. The third-order valence-corrected chi connectivity index (χ3v) is 2.77. The van der Waals surface area contributed by atoms with Crippen LogP contribution in [0, 0.1) is 0 Å². The Bertz CT molecular complexity index is 468. The van der Waals surface area contributed by atoms with Crippen molar-refractivity contribution in [1.29, 1.82) is 0 Å². The van der Waals surface area contributed by atoms with Gasteiger partial charge in [-0.1, -0.05) is 11.6 Å². The van der Waals surface area contributed by atoms with Crippen molar-refractivity contribution in [2.75, 3.05) is 6.61 Å².